The van der Waals surface area contributed by atoms with Gasteiger partial charge in [0, 0.05) is 4.47 Å². The molecular formula is C12H15BrFNSi. The minimum absolute atomic E-state index is 0.128. The largest absolute Gasteiger partial charge is 0.395 e. The van der Waals surface area contributed by atoms with Crippen molar-refractivity contribution in [3.63, 3.8) is 0 Å². The fourth-order valence-corrected chi connectivity index (χ4v) is 2.07. The molecule has 0 bridgehead atoms. The lowest BCUT2D eigenvalue weighted by molar-refractivity contribution is 0.630. The van der Waals surface area contributed by atoms with Gasteiger partial charge in [-0.15, -0.1) is 5.54 Å². The predicted octanol–water partition coefficient (Wildman–Crippen LogP) is 3.71. The molecule has 0 radical (unpaired) electrons. The SMILES string of the molecule is Cc1cc(F)c(N)c(C#C[Si](C)(C)C)c1Br. The lowest BCUT2D eigenvalue weighted by atomic mass is 10.1. The van der Waals surface area contributed by atoms with E-state index in [0.29, 0.717) is 5.56 Å². The van der Waals surface area contributed by atoms with Crippen molar-refractivity contribution < 1.29 is 4.39 Å². The van der Waals surface area contributed by atoms with E-state index in [9.17, 15) is 4.39 Å². The van der Waals surface area contributed by atoms with Gasteiger partial charge in [-0.1, -0.05) is 25.6 Å². The van der Waals surface area contributed by atoms with Crippen molar-refractivity contribution in [3.8, 4) is 11.5 Å². The fraction of sp³-hybridized carbons (Fsp3) is 0.333. The van der Waals surface area contributed by atoms with Crippen molar-refractivity contribution in [2.24, 2.45) is 0 Å². The van der Waals surface area contributed by atoms with Crippen LogP contribution >= 0.6 is 15.9 Å². The van der Waals surface area contributed by atoms with Crippen LogP contribution in [0.2, 0.25) is 19.6 Å². The van der Waals surface area contributed by atoms with E-state index in [1.807, 2.05) is 6.92 Å². The van der Waals surface area contributed by atoms with Gasteiger partial charge >= 0.3 is 0 Å². The third kappa shape index (κ3) is 3.10. The van der Waals surface area contributed by atoms with Crippen molar-refractivity contribution in [3.05, 3.63) is 27.5 Å². The Morgan fingerprint density at radius 2 is 1.94 bits per heavy atom. The Balaban J connectivity index is 3.38. The van der Waals surface area contributed by atoms with Gasteiger partial charge in [0.05, 0.1) is 11.3 Å². The summed E-state index contributed by atoms with van der Waals surface area (Å²) in [5, 5.41) is 0. The quantitative estimate of drug-likeness (QED) is 0.441. The molecule has 1 nitrogen and oxygen atoms in total. The molecule has 86 valence electrons. The molecule has 0 unspecified atom stereocenters. The first-order valence-electron chi connectivity index (χ1n) is 4.99. The normalized spacial score (nSPS) is 10.9. The van der Waals surface area contributed by atoms with Crippen LogP contribution in [-0.2, 0) is 0 Å². The lowest BCUT2D eigenvalue weighted by Gasteiger charge is -2.08. The number of hydrogen-bond acceptors (Lipinski definition) is 1. The molecule has 16 heavy (non-hydrogen) atoms. The molecule has 0 amide bonds. The summed E-state index contributed by atoms with van der Waals surface area (Å²) in [4.78, 5) is 0. The Bertz CT molecular complexity index is 454. The highest BCUT2D eigenvalue weighted by Gasteiger charge is 2.12. The van der Waals surface area contributed by atoms with E-state index in [1.165, 1.54) is 6.07 Å². The van der Waals surface area contributed by atoms with Gasteiger partial charge in [0.25, 0.3) is 0 Å². The van der Waals surface area contributed by atoms with Gasteiger partial charge in [0.15, 0.2) is 0 Å². The van der Waals surface area contributed by atoms with Crippen molar-refractivity contribution >= 4 is 29.7 Å². The van der Waals surface area contributed by atoms with Crippen LogP contribution in [0.15, 0.2) is 10.5 Å². The Morgan fingerprint density at radius 1 is 1.38 bits per heavy atom. The molecule has 0 aliphatic rings. The van der Waals surface area contributed by atoms with Crippen LogP contribution in [-0.4, -0.2) is 8.07 Å². The summed E-state index contributed by atoms with van der Waals surface area (Å²) in [7, 11) is -1.48. The molecule has 0 heterocycles. The van der Waals surface area contributed by atoms with Crippen LogP contribution in [0.25, 0.3) is 0 Å². The summed E-state index contributed by atoms with van der Waals surface area (Å²) in [5.41, 5.74) is 10.4. The summed E-state index contributed by atoms with van der Waals surface area (Å²) in [5.74, 6) is 2.60. The molecule has 0 spiro atoms. The molecule has 0 aliphatic heterocycles. The molecule has 0 saturated heterocycles. The molecule has 1 aromatic rings. The second-order valence-corrected chi connectivity index (χ2v) is 10.3. The van der Waals surface area contributed by atoms with Crippen LogP contribution in [0.3, 0.4) is 0 Å². The van der Waals surface area contributed by atoms with Gasteiger partial charge in [0.1, 0.15) is 13.9 Å². The second kappa shape index (κ2) is 4.60. The Kier molecular flexibility index (Phi) is 3.82. The maximum Gasteiger partial charge on any atom is 0.147 e. The smallest absolute Gasteiger partial charge is 0.147 e. The zero-order valence-corrected chi connectivity index (χ0v) is 12.5. The number of nitrogen functional groups attached to an aromatic ring is 1. The maximum atomic E-state index is 13.4. The average Bonchev–Trinajstić information content (AvgIpc) is 2.13. The van der Waals surface area contributed by atoms with Crippen LogP contribution in [0.4, 0.5) is 10.1 Å². The van der Waals surface area contributed by atoms with E-state index in [-0.39, 0.29) is 5.69 Å². The number of aryl methyl sites for hydroxylation is 1. The van der Waals surface area contributed by atoms with Gasteiger partial charge in [-0.2, -0.15) is 0 Å². The van der Waals surface area contributed by atoms with E-state index in [0.717, 1.165) is 10.0 Å². The molecule has 0 fully saturated rings. The molecule has 0 atom stereocenters. The van der Waals surface area contributed by atoms with Gasteiger partial charge in [-0.05, 0) is 34.5 Å². The first-order valence-corrected chi connectivity index (χ1v) is 9.29. The Labute approximate surface area is 105 Å². The number of halogens is 2. The molecule has 2 N–H and O–H groups in total. The van der Waals surface area contributed by atoms with E-state index in [2.05, 4.69) is 47.0 Å². The van der Waals surface area contributed by atoms with E-state index in [1.54, 1.807) is 0 Å². The van der Waals surface area contributed by atoms with Gasteiger partial charge in [-0.25, -0.2) is 4.39 Å². The van der Waals surface area contributed by atoms with Gasteiger partial charge in [0.2, 0.25) is 0 Å². The third-order valence-corrected chi connectivity index (χ3v) is 3.89. The van der Waals surface area contributed by atoms with Crippen molar-refractivity contribution in [2.45, 2.75) is 26.6 Å². The average molecular weight is 300 g/mol. The number of nitrogens with two attached hydrogens (primary N) is 1. The van der Waals surface area contributed by atoms with Gasteiger partial charge in [-0.3, -0.25) is 0 Å². The zero-order chi connectivity index (χ0) is 12.5. The highest BCUT2D eigenvalue weighted by atomic mass is 79.9. The van der Waals surface area contributed by atoms with E-state index in [4.69, 9.17) is 5.73 Å². The van der Waals surface area contributed by atoms with Crippen molar-refractivity contribution in [2.75, 3.05) is 5.73 Å². The second-order valence-electron chi connectivity index (χ2n) is 4.78. The Hall–Kier alpha value is -0.793. The molecule has 1 rings (SSSR count). The summed E-state index contributed by atoms with van der Waals surface area (Å²) in [6.07, 6.45) is 0. The van der Waals surface area contributed by atoms with Crippen molar-refractivity contribution in [1.29, 1.82) is 0 Å². The Morgan fingerprint density at radius 3 is 2.44 bits per heavy atom. The van der Waals surface area contributed by atoms with E-state index < -0.39 is 13.9 Å². The minimum atomic E-state index is -1.48. The van der Waals surface area contributed by atoms with Crippen LogP contribution in [0, 0.1) is 24.2 Å². The van der Waals surface area contributed by atoms with E-state index >= 15 is 0 Å². The van der Waals surface area contributed by atoms with Crippen LogP contribution < -0.4 is 5.73 Å². The first kappa shape index (κ1) is 13.3. The maximum absolute atomic E-state index is 13.4. The van der Waals surface area contributed by atoms with Crippen LogP contribution in [0.1, 0.15) is 11.1 Å². The number of benzene rings is 1. The summed E-state index contributed by atoms with van der Waals surface area (Å²) < 4.78 is 14.2. The number of hydrogen-bond donors (Lipinski definition) is 1. The summed E-state index contributed by atoms with van der Waals surface area (Å²) >= 11 is 3.40. The third-order valence-electron chi connectivity index (χ3n) is 2.00. The summed E-state index contributed by atoms with van der Waals surface area (Å²) in [6.45, 7) is 8.23. The molecule has 0 aliphatic carbocycles. The lowest BCUT2D eigenvalue weighted by Crippen LogP contribution is -2.16. The first-order chi connectivity index (χ1) is 7.22. The summed E-state index contributed by atoms with van der Waals surface area (Å²) in [6, 6.07) is 1.42. The standard InChI is InChI=1S/C12H15BrFNSi/c1-8-7-10(14)12(15)9(11(8)13)5-6-16(2,3)4/h7H,15H2,1-4H3. The predicted molar refractivity (Wildman–Crippen MR) is 73.5 cm³/mol. The zero-order valence-electron chi connectivity index (χ0n) is 9.91. The minimum Gasteiger partial charge on any atom is -0.395 e. The monoisotopic (exact) mass is 299 g/mol. The van der Waals surface area contributed by atoms with Gasteiger partial charge < -0.3 is 5.73 Å². The molecule has 1 aromatic carbocycles. The fourth-order valence-electron chi connectivity index (χ4n) is 1.14. The van der Waals surface area contributed by atoms with Crippen LogP contribution in [0.5, 0.6) is 0 Å². The molecule has 4 heteroatoms. The highest BCUT2D eigenvalue weighted by Crippen LogP contribution is 2.28. The molecule has 0 aromatic heterocycles. The molecule has 0 saturated carbocycles. The topological polar surface area (TPSA) is 26.0 Å². The number of rotatable bonds is 0. The highest BCUT2D eigenvalue weighted by molar-refractivity contribution is 9.10. The molecular weight excluding hydrogens is 285 g/mol. The van der Waals surface area contributed by atoms with Crippen molar-refractivity contribution in [1.82, 2.24) is 0 Å². The number of anilines is 1.